The van der Waals surface area contributed by atoms with Crippen molar-refractivity contribution < 1.29 is 0 Å². The third-order valence-corrected chi connectivity index (χ3v) is 2.82. The standard InChI is InChI=1S/C8H13ClN4S/c1-5(3-14-2)13-8-6(9)7(10)11-4-12-8/h4-5H,3H2,1-2H3,(H3,10,11,12,13)/t5-/m1/s1. The van der Waals surface area contributed by atoms with E-state index in [4.69, 9.17) is 17.3 Å². The van der Waals surface area contributed by atoms with E-state index in [-0.39, 0.29) is 0 Å². The monoisotopic (exact) mass is 232 g/mol. The van der Waals surface area contributed by atoms with Gasteiger partial charge < -0.3 is 11.1 Å². The van der Waals surface area contributed by atoms with Crippen LogP contribution in [0, 0.1) is 0 Å². The van der Waals surface area contributed by atoms with Gasteiger partial charge in [0.25, 0.3) is 0 Å². The zero-order chi connectivity index (χ0) is 10.6. The lowest BCUT2D eigenvalue weighted by atomic mass is 10.4. The van der Waals surface area contributed by atoms with E-state index in [2.05, 4.69) is 22.2 Å². The fourth-order valence-electron chi connectivity index (χ4n) is 1.01. The third-order valence-electron chi connectivity index (χ3n) is 1.62. The lowest BCUT2D eigenvalue weighted by molar-refractivity contribution is 0.900. The molecule has 78 valence electrons. The number of anilines is 2. The summed E-state index contributed by atoms with van der Waals surface area (Å²) in [5.74, 6) is 1.89. The quantitative estimate of drug-likeness (QED) is 0.830. The van der Waals surface area contributed by atoms with Crippen molar-refractivity contribution in [2.24, 2.45) is 0 Å². The highest BCUT2D eigenvalue weighted by molar-refractivity contribution is 7.98. The molecule has 4 nitrogen and oxygen atoms in total. The van der Waals surface area contributed by atoms with Gasteiger partial charge in [0.2, 0.25) is 0 Å². The number of nitrogens with one attached hydrogen (secondary N) is 1. The summed E-state index contributed by atoms with van der Waals surface area (Å²) >= 11 is 7.68. The minimum Gasteiger partial charge on any atom is -0.382 e. The molecule has 1 rings (SSSR count). The highest BCUT2D eigenvalue weighted by atomic mass is 35.5. The van der Waals surface area contributed by atoms with E-state index in [1.165, 1.54) is 6.33 Å². The lowest BCUT2D eigenvalue weighted by Crippen LogP contribution is -2.19. The van der Waals surface area contributed by atoms with Crippen LogP contribution in [0.25, 0.3) is 0 Å². The van der Waals surface area contributed by atoms with Crippen LogP contribution in [0.1, 0.15) is 6.92 Å². The number of aromatic nitrogens is 2. The molecule has 14 heavy (non-hydrogen) atoms. The average molecular weight is 233 g/mol. The second-order valence-electron chi connectivity index (χ2n) is 2.92. The average Bonchev–Trinajstić information content (AvgIpc) is 2.13. The summed E-state index contributed by atoms with van der Waals surface area (Å²) in [7, 11) is 0. The minimum absolute atomic E-state index is 0.303. The molecule has 1 atom stereocenters. The first-order valence-electron chi connectivity index (χ1n) is 4.16. The van der Waals surface area contributed by atoms with Gasteiger partial charge >= 0.3 is 0 Å². The van der Waals surface area contributed by atoms with Crippen LogP contribution < -0.4 is 11.1 Å². The normalized spacial score (nSPS) is 12.5. The molecule has 0 bridgehead atoms. The smallest absolute Gasteiger partial charge is 0.150 e. The molecule has 0 unspecified atom stereocenters. The Morgan fingerprint density at radius 1 is 1.64 bits per heavy atom. The van der Waals surface area contributed by atoms with Crippen LogP contribution in [-0.4, -0.2) is 28.0 Å². The number of thioether (sulfide) groups is 1. The molecule has 0 fully saturated rings. The van der Waals surface area contributed by atoms with Crippen molar-refractivity contribution in [1.29, 1.82) is 0 Å². The Morgan fingerprint density at radius 3 is 3.00 bits per heavy atom. The first kappa shape index (κ1) is 11.4. The van der Waals surface area contributed by atoms with Crippen LogP contribution in [0.2, 0.25) is 5.02 Å². The van der Waals surface area contributed by atoms with E-state index in [0.717, 1.165) is 5.75 Å². The molecular formula is C8H13ClN4S. The van der Waals surface area contributed by atoms with Gasteiger partial charge in [0, 0.05) is 11.8 Å². The van der Waals surface area contributed by atoms with Crippen molar-refractivity contribution in [2.75, 3.05) is 23.1 Å². The van der Waals surface area contributed by atoms with Gasteiger partial charge in [-0.05, 0) is 13.2 Å². The van der Waals surface area contributed by atoms with Crippen LogP contribution in [0.4, 0.5) is 11.6 Å². The topological polar surface area (TPSA) is 63.8 Å². The zero-order valence-corrected chi connectivity index (χ0v) is 9.69. The van der Waals surface area contributed by atoms with E-state index in [1.54, 1.807) is 11.8 Å². The first-order valence-corrected chi connectivity index (χ1v) is 5.93. The lowest BCUT2D eigenvalue weighted by Gasteiger charge is -2.14. The molecule has 0 aromatic carbocycles. The van der Waals surface area contributed by atoms with Crippen molar-refractivity contribution in [2.45, 2.75) is 13.0 Å². The second kappa shape index (κ2) is 5.26. The third kappa shape index (κ3) is 2.92. The molecule has 0 saturated carbocycles. The van der Waals surface area contributed by atoms with Crippen molar-refractivity contribution in [1.82, 2.24) is 9.97 Å². The van der Waals surface area contributed by atoms with Gasteiger partial charge in [-0.2, -0.15) is 11.8 Å². The van der Waals surface area contributed by atoms with Crippen LogP contribution >= 0.6 is 23.4 Å². The number of hydrogen-bond donors (Lipinski definition) is 2. The Hall–Kier alpha value is -0.680. The SMILES string of the molecule is CSC[C@@H](C)Nc1ncnc(N)c1Cl. The summed E-state index contributed by atoms with van der Waals surface area (Å²) in [5.41, 5.74) is 5.54. The number of nitrogens with zero attached hydrogens (tertiary/aromatic N) is 2. The molecule has 6 heteroatoms. The van der Waals surface area contributed by atoms with E-state index in [0.29, 0.717) is 22.7 Å². The predicted molar refractivity (Wildman–Crippen MR) is 62.9 cm³/mol. The first-order chi connectivity index (χ1) is 6.65. The largest absolute Gasteiger partial charge is 0.382 e. The maximum atomic E-state index is 5.92. The zero-order valence-electron chi connectivity index (χ0n) is 8.12. The van der Waals surface area contributed by atoms with Crippen LogP contribution in [0.3, 0.4) is 0 Å². The summed E-state index contributed by atoms with van der Waals surface area (Å²) in [5, 5.41) is 3.56. The van der Waals surface area contributed by atoms with Crippen molar-refractivity contribution in [3.8, 4) is 0 Å². The maximum absolute atomic E-state index is 5.92. The van der Waals surface area contributed by atoms with Crippen molar-refractivity contribution in [3.05, 3.63) is 11.3 Å². The Balaban J connectivity index is 2.71. The molecule has 0 spiro atoms. The van der Waals surface area contributed by atoms with Gasteiger partial charge in [-0.1, -0.05) is 11.6 Å². The van der Waals surface area contributed by atoms with Gasteiger partial charge in [-0.15, -0.1) is 0 Å². The second-order valence-corrected chi connectivity index (χ2v) is 4.21. The molecule has 1 aromatic heterocycles. The molecular weight excluding hydrogens is 220 g/mol. The predicted octanol–water partition coefficient (Wildman–Crippen LogP) is 1.88. The molecule has 0 radical (unpaired) electrons. The highest BCUT2D eigenvalue weighted by Gasteiger charge is 2.08. The molecule has 3 N–H and O–H groups in total. The van der Waals surface area contributed by atoms with Crippen molar-refractivity contribution in [3.63, 3.8) is 0 Å². The summed E-state index contributed by atoms with van der Waals surface area (Å²) in [4.78, 5) is 7.80. The van der Waals surface area contributed by atoms with E-state index >= 15 is 0 Å². The number of halogens is 1. The molecule has 0 saturated heterocycles. The van der Waals surface area contributed by atoms with Crippen LogP contribution in [0.15, 0.2) is 6.33 Å². The molecule has 1 heterocycles. The minimum atomic E-state index is 0.303. The number of nitrogen functional groups attached to an aromatic ring is 1. The van der Waals surface area contributed by atoms with Gasteiger partial charge in [0.1, 0.15) is 17.2 Å². The Kier molecular flexibility index (Phi) is 4.28. The van der Waals surface area contributed by atoms with E-state index < -0.39 is 0 Å². The summed E-state index contributed by atoms with van der Waals surface area (Å²) in [6.45, 7) is 2.06. The van der Waals surface area contributed by atoms with Gasteiger partial charge in [0.15, 0.2) is 5.82 Å². The summed E-state index contributed by atoms with van der Waals surface area (Å²) < 4.78 is 0. The van der Waals surface area contributed by atoms with Crippen LogP contribution in [0.5, 0.6) is 0 Å². The highest BCUT2D eigenvalue weighted by Crippen LogP contribution is 2.23. The molecule has 0 aliphatic carbocycles. The van der Waals surface area contributed by atoms with E-state index in [1.807, 2.05) is 6.26 Å². The Bertz CT molecular complexity index is 307. The maximum Gasteiger partial charge on any atom is 0.150 e. The fourth-order valence-corrected chi connectivity index (χ4v) is 1.74. The van der Waals surface area contributed by atoms with Gasteiger partial charge in [-0.25, -0.2) is 9.97 Å². The number of nitrogens with two attached hydrogens (primary N) is 1. The van der Waals surface area contributed by atoms with Gasteiger partial charge in [0.05, 0.1) is 0 Å². The molecule has 1 aromatic rings. The van der Waals surface area contributed by atoms with Crippen molar-refractivity contribution >= 4 is 35.0 Å². The Morgan fingerprint density at radius 2 is 2.36 bits per heavy atom. The Labute approximate surface area is 92.6 Å². The molecule has 0 amide bonds. The van der Waals surface area contributed by atoms with E-state index in [9.17, 15) is 0 Å². The molecule has 0 aliphatic heterocycles. The van der Waals surface area contributed by atoms with Crippen LogP contribution in [-0.2, 0) is 0 Å². The molecule has 0 aliphatic rings. The number of hydrogen-bond acceptors (Lipinski definition) is 5. The van der Waals surface area contributed by atoms with Gasteiger partial charge in [-0.3, -0.25) is 0 Å². The summed E-state index contributed by atoms with van der Waals surface area (Å²) in [6, 6.07) is 0.303. The fraction of sp³-hybridized carbons (Fsp3) is 0.500. The summed E-state index contributed by atoms with van der Waals surface area (Å²) in [6.07, 6.45) is 3.45. The number of rotatable bonds is 4.